The van der Waals surface area contributed by atoms with Gasteiger partial charge in [0.15, 0.2) is 5.82 Å². The summed E-state index contributed by atoms with van der Waals surface area (Å²) in [6, 6.07) is 0. The lowest BCUT2D eigenvalue weighted by Gasteiger charge is -2.11. The molecule has 0 aliphatic heterocycles. The maximum atomic E-state index is 11.4. The normalized spacial score (nSPS) is 11.9. The first kappa shape index (κ1) is 11.3. The monoisotopic (exact) mass is 236 g/mol. The van der Waals surface area contributed by atoms with Crippen LogP contribution in [-0.2, 0) is 5.41 Å². The Bertz CT molecular complexity index is 648. The van der Waals surface area contributed by atoms with Gasteiger partial charge >= 0.3 is 5.97 Å². The first-order valence-corrected chi connectivity index (χ1v) is 5.02. The number of carboxylic acid groups (broad SMARTS) is 1. The van der Waals surface area contributed by atoms with Crippen molar-refractivity contribution in [2.24, 2.45) is 0 Å². The molecule has 2 rings (SSSR count). The van der Waals surface area contributed by atoms with Crippen molar-refractivity contribution in [1.29, 1.82) is 0 Å². The van der Waals surface area contributed by atoms with E-state index in [4.69, 9.17) is 5.11 Å². The second-order valence-electron chi connectivity index (χ2n) is 4.76. The molecule has 2 aromatic heterocycles. The molecule has 0 saturated carbocycles. The zero-order chi connectivity index (χ0) is 12.8. The van der Waals surface area contributed by atoms with Gasteiger partial charge in [-0.1, -0.05) is 20.8 Å². The van der Waals surface area contributed by atoms with E-state index in [-0.39, 0.29) is 16.8 Å². The van der Waals surface area contributed by atoms with Gasteiger partial charge in [0.05, 0.1) is 6.20 Å². The first-order chi connectivity index (χ1) is 7.79. The fourth-order valence-electron chi connectivity index (χ4n) is 1.32. The SMILES string of the molecule is CC(C)(C)c1nc2[nH]c(=O)c(C(=O)O)cn2n1. The van der Waals surface area contributed by atoms with Crippen LogP contribution in [0.3, 0.4) is 0 Å². The van der Waals surface area contributed by atoms with Crippen LogP contribution in [0.2, 0.25) is 0 Å². The summed E-state index contributed by atoms with van der Waals surface area (Å²) in [6.07, 6.45) is 1.17. The van der Waals surface area contributed by atoms with Crippen LogP contribution in [-0.4, -0.2) is 30.7 Å². The van der Waals surface area contributed by atoms with Gasteiger partial charge in [-0.15, -0.1) is 5.10 Å². The molecule has 2 heterocycles. The van der Waals surface area contributed by atoms with E-state index in [9.17, 15) is 9.59 Å². The van der Waals surface area contributed by atoms with E-state index < -0.39 is 11.5 Å². The average Bonchev–Trinajstić information content (AvgIpc) is 2.58. The predicted octanol–water partition coefficient (Wildman–Crippen LogP) is 0.413. The lowest BCUT2D eigenvalue weighted by Crippen LogP contribution is -2.19. The maximum absolute atomic E-state index is 11.4. The van der Waals surface area contributed by atoms with Gasteiger partial charge in [-0.3, -0.25) is 9.78 Å². The summed E-state index contributed by atoms with van der Waals surface area (Å²) in [5.41, 5.74) is -1.31. The van der Waals surface area contributed by atoms with Gasteiger partial charge in [0.25, 0.3) is 5.56 Å². The van der Waals surface area contributed by atoms with Gasteiger partial charge in [0.1, 0.15) is 5.56 Å². The standard InChI is InChI=1S/C10H12N4O3/c1-10(2,3)8-12-9-11-6(15)5(7(16)17)4-14(9)13-8/h4H,1-3H3,(H,16,17)(H,11,12,13,15). The van der Waals surface area contributed by atoms with E-state index in [1.807, 2.05) is 20.8 Å². The Morgan fingerprint density at radius 3 is 2.65 bits per heavy atom. The number of fused-ring (bicyclic) bond motifs is 1. The van der Waals surface area contributed by atoms with Crippen molar-refractivity contribution in [1.82, 2.24) is 19.6 Å². The van der Waals surface area contributed by atoms with Crippen molar-refractivity contribution in [3.8, 4) is 0 Å². The Balaban J connectivity index is 2.71. The second-order valence-corrected chi connectivity index (χ2v) is 4.76. The number of aromatic amines is 1. The van der Waals surface area contributed by atoms with E-state index >= 15 is 0 Å². The molecular formula is C10H12N4O3. The van der Waals surface area contributed by atoms with E-state index in [0.717, 1.165) is 0 Å². The van der Waals surface area contributed by atoms with Crippen LogP contribution in [0.5, 0.6) is 0 Å². The fraction of sp³-hybridized carbons (Fsp3) is 0.400. The van der Waals surface area contributed by atoms with Gasteiger partial charge in [-0.2, -0.15) is 4.98 Å². The summed E-state index contributed by atoms with van der Waals surface area (Å²) in [5, 5.41) is 13.0. The molecule has 0 aromatic carbocycles. The third-order valence-electron chi connectivity index (χ3n) is 2.25. The third-order valence-corrected chi connectivity index (χ3v) is 2.25. The quantitative estimate of drug-likeness (QED) is 0.747. The molecule has 7 heteroatoms. The summed E-state index contributed by atoms with van der Waals surface area (Å²) >= 11 is 0. The van der Waals surface area contributed by atoms with Crippen molar-refractivity contribution in [3.63, 3.8) is 0 Å². The zero-order valence-corrected chi connectivity index (χ0v) is 9.68. The predicted molar refractivity (Wildman–Crippen MR) is 59.3 cm³/mol. The number of hydrogen-bond acceptors (Lipinski definition) is 4. The van der Waals surface area contributed by atoms with E-state index in [1.54, 1.807) is 0 Å². The number of aromatic nitrogens is 4. The lowest BCUT2D eigenvalue weighted by atomic mass is 9.96. The molecular weight excluding hydrogens is 224 g/mol. The maximum Gasteiger partial charge on any atom is 0.342 e. The Kier molecular flexibility index (Phi) is 2.27. The van der Waals surface area contributed by atoms with E-state index in [1.165, 1.54) is 10.7 Å². The smallest absolute Gasteiger partial charge is 0.342 e. The van der Waals surface area contributed by atoms with Crippen LogP contribution in [0, 0.1) is 0 Å². The van der Waals surface area contributed by atoms with E-state index in [2.05, 4.69) is 15.1 Å². The summed E-state index contributed by atoms with van der Waals surface area (Å²) in [7, 11) is 0. The molecule has 90 valence electrons. The Labute approximate surface area is 96.1 Å². The van der Waals surface area contributed by atoms with Crippen molar-refractivity contribution in [2.45, 2.75) is 26.2 Å². The number of carbonyl (C=O) groups is 1. The number of H-pyrrole nitrogens is 1. The lowest BCUT2D eigenvalue weighted by molar-refractivity contribution is 0.0694. The van der Waals surface area contributed by atoms with Crippen molar-refractivity contribution in [3.05, 3.63) is 27.9 Å². The van der Waals surface area contributed by atoms with Crippen molar-refractivity contribution in [2.75, 3.05) is 0 Å². The van der Waals surface area contributed by atoms with Gasteiger partial charge in [0, 0.05) is 5.41 Å². The molecule has 0 radical (unpaired) electrons. The van der Waals surface area contributed by atoms with Crippen LogP contribution in [0.1, 0.15) is 37.0 Å². The second kappa shape index (κ2) is 3.41. The topological polar surface area (TPSA) is 100 Å². The van der Waals surface area contributed by atoms with Crippen LogP contribution < -0.4 is 5.56 Å². The number of carboxylic acids is 1. The Morgan fingerprint density at radius 2 is 2.12 bits per heavy atom. The summed E-state index contributed by atoms with van der Waals surface area (Å²) in [6.45, 7) is 5.79. The highest BCUT2D eigenvalue weighted by Crippen LogP contribution is 2.17. The van der Waals surface area contributed by atoms with E-state index in [0.29, 0.717) is 5.82 Å². The average molecular weight is 236 g/mol. The molecule has 2 N–H and O–H groups in total. The first-order valence-electron chi connectivity index (χ1n) is 5.02. The number of hydrogen-bond donors (Lipinski definition) is 2. The molecule has 0 atom stereocenters. The van der Waals surface area contributed by atoms with Crippen molar-refractivity contribution < 1.29 is 9.90 Å². The largest absolute Gasteiger partial charge is 0.477 e. The zero-order valence-electron chi connectivity index (χ0n) is 9.68. The van der Waals surface area contributed by atoms with Gasteiger partial charge in [-0.25, -0.2) is 9.31 Å². The number of rotatable bonds is 1. The molecule has 0 aliphatic rings. The minimum Gasteiger partial charge on any atom is -0.477 e. The van der Waals surface area contributed by atoms with Gasteiger partial charge in [0.2, 0.25) is 5.78 Å². The van der Waals surface area contributed by atoms with Crippen molar-refractivity contribution >= 4 is 11.7 Å². The minimum atomic E-state index is -1.29. The molecule has 0 aliphatic carbocycles. The molecule has 0 bridgehead atoms. The molecule has 17 heavy (non-hydrogen) atoms. The Hall–Kier alpha value is -2.18. The molecule has 0 spiro atoms. The van der Waals surface area contributed by atoms with Crippen LogP contribution in [0.15, 0.2) is 11.0 Å². The third kappa shape index (κ3) is 1.91. The van der Waals surface area contributed by atoms with Crippen LogP contribution in [0.25, 0.3) is 5.78 Å². The van der Waals surface area contributed by atoms with Crippen LogP contribution >= 0.6 is 0 Å². The van der Waals surface area contributed by atoms with Crippen LogP contribution in [0.4, 0.5) is 0 Å². The molecule has 0 amide bonds. The fourth-order valence-corrected chi connectivity index (χ4v) is 1.32. The summed E-state index contributed by atoms with van der Waals surface area (Å²) in [5.74, 6) is -0.512. The highest BCUT2D eigenvalue weighted by molar-refractivity contribution is 5.86. The Morgan fingerprint density at radius 1 is 1.47 bits per heavy atom. The molecule has 2 aromatic rings. The molecule has 0 saturated heterocycles. The van der Waals surface area contributed by atoms with Gasteiger partial charge in [-0.05, 0) is 0 Å². The number of nitrogens with one attached hydrogen (secondary N) is 1. The summed E-state index contributed by atoms with van der Waals surface area (Å²) < 4.78 is 1.27. The van der Waals surface area contributed by atoms with Gasteiger partial charge < -0.3 is 5.11 Å². The molecule has 0 unspecified atom stereocenters. The molecule has 7 nitrogen and oxygen atoms in total. The number of nitrogens with zero attached hydrogens (tertiary/aromatic N) is 3. The highest BCUT2D eigenvalue weighted by Gasteiger charge is 2.21. The highest BCUT2D eigenvalue weighted by atomic mass is 16.4. The number of aromatic carboxylic acids is 1. The molecule has 0 fully saturated rings. The minimum absolute atomic E-state index is 0.241. The summed E-state index contributed by atoms with van der Waals surface area (Å²) in [4.78, 5) is 28.7.